The predicted octanol–water partition coefficient (Wildman–Crippen LogP) is 5.37. The number of ether oxygens (including phenoxy) is 1. The van der Waals surface area contributed by atoms with Crippen LogP contribution in [0, 0.1) is 23.7 Å². The maximum Gasteiger partial charge on any atom is 0.105 e. The molecule has 0 aromatic heterocycles. The molecule has 0 N–H and O–H groups in total. The van der Waals surface area contributed by atoms with E-state index in [-0.39, 0.29) is 0 Å². The lowest BCUT2D eigenvalue weighted by Gasteiger charge is -2.36. The minimum absolute atomic E-state index is 0.347. The summed E-state index contributed by atoms with van der Waals surface area (Å²) in [6, 6.07) is 0. The number of hydrogen-bond acceptors (Lipinski definition) is 2. The SMILES string of the molecule is CCC(C)C1OC(C(C)C)SCC/C=C\C(C)C1C. The molecular formula is C17H32OS. The van der Waals surface area contributed by atoms with Gasteiger partial charge in [-0.25, -0.2) is 0 Å². The highest BCUT2D eigenvalue weighted by Crippen LogP contribution is 2.33. The Kier molecular flexibility index (Phi) is 7.53. The third kappa shape index (κ3) is 5.15. The van der Waals surface area contributed by atoms with E-state index in [0.717, 1.165) is 0 Å². The lowest BCUT2D eigenvalue weighted by Crippen LogP contribution is -2.36. The molecule has 0 amide bonds. The lowest BCUT2D eigenvalue weighted by molar-refractivity contribution is -0.0542. The van der Waals surface area contributed by atoms with Crippen LogP contribution in [0.25, 0.3) is 0 Å². The van der Waals surface area contributed by atoms with Gasteiger partial charge in [0.25, 0.3) is 0 Å². The van der Waals surface area contributed by atoms with Crippen LogP contribution in [0.1, 0.15) is 54.4 Å². The Bertz CT molecular complexity index is 274. The molecule has 1 nitrogen and oxygen atoms in total. The molecule has 1 aliphatic rings. The van der Waals surface area contributed by atoms with Gasteiger partial charge in [-0.15, -0.1) is 11.8 Å². The zero-order valence-corrected chi connectivity index (χ0v) is 14.4. The highest BCUT2D eigenvalue weighted by molar-refractivity contribution is 7.99. The van der Waals surface area contributed by atoms with E-state index in [1.165, 1.54) is 18.6 Å². The summed E-state index contributed by atoms with van der Waals surface area (Å²) in [6.45, 7) is 13.9. The van der Waals surface area contributed by atoms with Gasteiger partial charge in [0.1, 0.15) is 5.44 Å². The van der Waals surface area contributed by atoms with E-state index in [9.17, 15) is 0 Å². The quantitative estimate of drug-likeness (QED) is 0.645. The summed E-state index contributed by atoms with van der Waals surface area (Å²) in [5, 5.41) is 0. The van der Waals surface area contributed by atoms with Crippen LogP contribution < -0.4 is 0 Å². The number of thioether (sulfide) groups is 1. The van der Waals surface area contributed by atoms with Crippen LogP contribution in [0.4, 0.5) is 0 Å². The fourth-order valence-corrected chi connectivity index (χ4v) is 3.69. The van der Waals surface area contributed by atoms with E-state index in [4.69, 9.17) is 4.74 Å². The Morgan fingerprint density at radius 3 is 2.53 bits per heavy atom. The van der Waals surface area contributed by atoms with Crippen LogP contribution in [0.5, 0.6) is 0 Å². The largest absolute Gasteiger partial charge is 0.364 e. The zero-order chi connectivity index (χ0) is 14.4. The molecule has 0 saturated heterocycles. The van der Waals surface area contributed by atoms with Gasteiger partial charge in [0.2, 0.25) is 0 Å². The first-order valence-electron chi connectivity index (χ1n) is 7.91. The summed E-state index contributed by atoms with van der Waals surface area (Å²) in [6.07, 6.45) is 7.50. The average molecular weight is 285 g/mol. The van der Waals surface area contributed by atoms with Gasteiger partial charge in [0.15, 0.2) is 0 Å². The number of hydrogen-bond donors (Lipinski definition) is 0. The van der Waals surface area contributed by atoms with Gasteiger partial charge in [-0.3, -0.25) is 0 Å². The first-order chi connectivity index (χ1) is 8.97. The van der Waals surface area contributed by atoms with Crippen LogP contribution in [-0.4, -0.2) is 17.3 Å². The smallest absolute Gasteiger partial charge is 0.105 e. The Labute approximate surface area is 124 Å². The average Bonchev–Trinajstić information content (AvgIpc) is 2.39. The maximum absolute atomic E-state index is 6.55. The highest BCUT2D eigenvalue weighted by atomic mass is 32.2. The van der Waals surface area contributed by atoms with Gasteiger partial charge in [0.05, 0.1) is 6.10 Å². The van der Waals surface area contributed by atoms with Crippen molar-refractivity contribution in [3.05, 3.63) is 12.2 Å². The van der Waals surface area contributed by atoms with Crippen molar-refractivity contribution in [2.24, 2.45) is 23.7 Å². The topological polar surface area (TPSA) is 9.23 Å². The first-order valence-corrected chi connectivity index (χ1v) is 8.95. The number of allylic oxidation sites excluding steroid dienone is 2. The van der Waals surface area contributed by atoms with Crippen molar-refractivity contribution in [2.45, 2.75) is 65.9 Å². The van der Waals surface area contributed by atoms with Crippen LogP contribution in [-0.2, 0) is 4.74 Å². The summed E-state index contributed by atoms with van der Waals surface area (Å²) >= 11 is 1.99. The molecule has 19 heavy (non-hydrogen) atoms. The fraction of sp³-hybridized carbons (Fsp3) is 0.882. The van der Waals surface area contributed by atoms with E-state index in [1.54, 1.807) is 0 Å². The first kappa shape index (κ1) is 17.1. The third-order valence-corrected chi connectivity index (χ3v) is 5.85. The van der Waals surface area contributed by atoms with Crippen LogP contribution >= 0.6 is 11.8 Å². The summed E-state index contributed by atoms with van der Waals surface area (Å²) in [5.41, 5.74) is 0.347. The Balaban J connectivity index is 2.89. The summed E-state index contributed by atoms with van der Waals surface area (Å²) in [7, 11) is 0. The van der Waals surface area contributed by atoms with E-state index in [1.807, 2.05) is 11.8 Å². The minimum atomic E-state index is 0.347. The molecule has 0 radical (unpaired) electrons. The second-order valence-electron chi connectivity index (χ2n) is 6.40. The zero-order valence-electron chi connectivity index (χ0n) is 13.6. The van der Waals surface area contributed by atoms with Crippen LogP contribution in [0.15, 0.2) is 12.2 Å². The van der Waals surface area contributed by atoms with Gasteiger partial charge in [-0.2, -0.15) is 0 Å². The van der Waals surface area contributed by atoms with Gasteiger partial charge in [0, 0.05) is 0 Å². The monoisotopic (exact) mass is 284 g/mol. The van der Waals surface area contributed by atoms with Crippen LogP contribution in [0.3, 0.4) is 0 Å². The molecule has 5 atom stereocenters. The van der Waals surface area contributed by atoms with E-state index in [2.05, 4.69) is 53.7 Å². The molecule has 0 aromatic carbocycles. The lowest BCUT2D eigenvalue weighted by atomic mass is 9.83. The van der Waals surface area contributed by atoms with Crippen molar-refractivity contribution >= 4 is 11.8 Å². The number of rotatable bonds is 3. The van der Waals surface area contributed by atoms with Crippen molar-refractivity contribution in [1.29, 1.82) is 0 Å². The maximum atomic E-state index is 6.55. The minimum Gasteiger partial charge on any atom is -0.364 e. The molecule has 0 saturated carbocycles. The highest BCUT2D eigenvalue weighted by Gasteiger charge is 2.30. The molecule has 1 heterocycles. The molecule has 1 aliphatic heterocycles. The summed E-state index contributed by atoms with van der Waals surface area (Å²) in [5.74, 6) is 3.59. The van der Waals surface area contributed by atoms with Gasteiger partial charge in [-0.1, -0.05) is 60.1 Å². The molecule has 0 fully saturated rings. The second kappa shape index (κ2) is 8.36. The van der Waals surface area contributed by atoms with Gasteiger partial charge < -0.3 is 4.74 Å². The molecule has 0 bridgehead atoms. The molecule has 0 aromatic rings. The fourth-order valence-electron chi connectivity index (χ4n) is 2.59. The Hall–Kier alpha value is 0.0500. The van der Waals surface area contributed by atoms with Crippen molar-refractivity contribution in [3.8, 4) is 0 Å². The summed E-state index contributed by atoms with van der Waals surface area (Å²) < 4.78 is 6.55. The molecular weight excluding hydrogens is 252 g/mol. The van der Waals surface area contributed by atoms with Crippen molar-refractivity contribution in [2.75, 3.05) is 5.75 Å². The molecule has 0 spiro atoms. The van der Waals surface area contributed by atoms with E-state index >= 15 is 0 Å². The summed E-state index contributed by atoms with van der Waals surface area (Å²) in [4.78, 5) is 0. The molecule has 1 rings (SSSR count). The van der Waals surface area contributed by atoms with E-state index < -0.39 is 0 Å². The second-order valence-corrected chi connectivity index (χ2v) is 7.61. The van der Waals surface area contributed by atoms with Gasteiger partial charge in [-0.05, 0) is 35.8 Å². The third-order valence-electron chi connectivity index (χ3n) is 4.39. The Morgan fingerprint density at radius 1 is 1.26 bits per heavy atom. The van der Waals surface area contributed by atoms with Crippen molar-refractivity contribution in [3.63, 3.8) is 0 Å². The Morgan fingerprint density at radius 2 is 1.95 bits per heavy atom. The van der Waals surface area contributed by atoms with E-state index in [0.29, 0.717) is 35.2 Å². The standard InChI is InChI=1S/C17H32OS/c1-7-13(4)16-15(6)14(5)10-8-9-11-19-17(18-16)12(2)3/h8,10,12-17H,7,9,11H2,1-6H3/b10-8-. The van der Waals surface area contributed by atoms with Crippen molar-refractivity contribution in [1.82, 2.24) is 0 Å². The van der Waals surface area contributed by atoms with Crippen molar-refractivity contribution < 1.29 is 4.74 Å². The van der Waals surface area contributed by atoms with Crippen LogP contribution in [0.2, 0.25) is 0 Å². The molecule has 2 heteroatoms. The predicted molar refractivity (Wildman–Crippen MR) is 87.5 cm³/mol. The molecule has 112 valence electrons. The normalized spacial score (nSPS) is 37.0. The molecule has 5 unspecified atom stereocenters. The van der Waals surface area contributed by atoms with Gasteiger partial charge >= 0.3 is 0 Å². The molecule has 0 aliphatic carbocycles.